The quantitative estimate of drug-likeness (QED) is 0.301. The molecule has 0 bridgehead atoms. The average molecular weight is 488 g/mol. The molecule has 2 aromatic carbocycles. The number of benzene rings is 2. The van der Waals surface area contributed by atoms with Crippen LogP contribution in [-0.2, 0) is 13.0 Å². The molecule has 3 aromatic rings. The Morgan fingerprint density at radius 1 is 1.21 bits per heavy atom. The van der Waals surface area contributed by atoms with E-state index >= 15 is 0 Å². The molecule has 152 valence electrons. The van der Waals surface area contributed by atoms with Crippen molar-refractivity contribution in [1.29, 1.82) is 0 Å². The van der Waals surface area contributed by atoms with E-state index < -0.39 is 0 Å². The minimum Gasteiger partial charge on any atom is -0.493 e. The van der Waals surface area contributed by atoms with Gasteiger partial charge in [-0.1, -0.05) is 30.9 Å². The first-order chi connectivity index (χ1) is 12.7. The Hall–Kier alpha value is -1.66. The molecule has 0 aliphatic rings. The predicted molar refractivity (Wildman–Crippen MR) is 125 cm³/mol. The summed E-state index contributed by atoms with van der Waals surface area (Å²) in [5, 5.41) is 4.79. The summed E-state index contributed by atoms with van der Waals surface area (Å²) in [6.07, 6.45) is 4.78. The van der Waals surface area contributed by atoms with Gasteiger partial charge < -0.3 is 19.8 Å². The summed E-state index contributed by atoms with van der Waals surface area (Å²) >= 11 is 3.57. The lowest BCUT2D eigenvalue weighted by Crippen LogP contribution is -2.16. The lowest BCUT2D eigenvalue weighted by molar-refractivity contribution is 0.324. The molecule has 0 spiro atoms. The molecule has 28 heavy (non-hydrogen) atoms. The zero-order valence-corrected chi connectivity index (χ0v) is 18.9. The zero-order valence-electron chi connectivity index (χ0n) is 15.7. The maximum atomic E-state index is 5.66. The SMILES string of the molecule is C=CCOc1c(Br)cc(CNCCc2c[nH]c3ccccc23)cc1OC.Cl.Cl. The Kier molecular flexibility index (Phi) is 10.5. The largest absolute Gasteiger partial charge is 0.493 e. The topological polar surface area (TPSA) is 46.3 Å². The molecule has 2 N–H and O–H groups in total. The van der Waals surface area contributed by atoms with E-state index in [2.05, 4.69) is 69.3 Å². The average Bonchev–Trinajstić information content (AvgIpc) is 3.07. The van der Waals surface area contributed by atoms with E-state index in [-0.39, 0.29) is 24.8 Å². The maximum absolute atomic E-state index is 5.66. The van der Waals surface area contributed by atoms with Gasteiger partial charge in [-0.2, -0.15) is 0 Å². The zero-order chi connectivity index (χ0) is 18.4. The molecule has 0 unspecified atom stereocenters. The standard InChI is InChI=1S/C21H23BrN2O2.2ClH/c1-3-10-26-21-18(22)11-15(12-20(21)25-2)13-23-9-8-16-14-24-19-7-5-4-6-17(16)19;;/h3-7,11-12,14,23-24H,1,8-10,13H2,2H3;2*1H. The van der Waals surface area contributed by atoms with E-state index in [9.17, 15) is 0 Å². The van der Waals surface area contributed by atoms with Gasteiger partial charge in [-0.3, -0.25) is 0 Å². The second kappa shape index (κ2) is 12.0. The molecular weight excluding hydrogens is 463 g/mol. The lowest BCUT2D eigenvalue weighted by Gasteiger charge is -2.14. The van der Waals surface area contributed by atoms with Gasteiger partial charge in [0.15, 0.2) is 11.5 Å². The third-order valence-corrected chi connectivity index (χ3v) is 4.80. The first kappa shape index (κ1) is 24.4. The second-order valence-electron chi connectivity index (χ2n) is 5.99. The minimum absolute atomic E-state index is 0. The Morgan fingerprint density at radius 2 is 2.00 bits per heavy atom. The van der Waals surface area contributed by atoms with Crippen molar-refractivity contribution in [1.82, 2.24) is 10.3 Å². The fraction of sp³-hybridized carbons (Fsp3) is 0.238. The van der Waals surface area contributed by atoms with Gasteiger partial charge in [-0.25, -0.2) is 0 Å². The van der Waals surface area contributed by atoms with Crippen LogP contribution in [0.4, 0.5) is 0 Å². The van der Waals surface area contributed by atoms with Crippen molar-refractivity contribution in [3.8, 4) is 11.5 Å². The number of methoxy groups -OCH3 is 1. The van der Waals surface area contributed by atoms with Gasteiger partial charge in [0.25, 0.3) is 0 Å². The van der Waals surface area contributed by atoms with Crippen LogP contribution in [0.1, 0.15) is 11.1 Å². The number of rotatable bonds is 9. The molecule has 4 nitrogen and oxygen atoms in total. The minimum atomic E-state index is 0. The van der Waals surface area contributed by atoms with E-state index in [1.807, 2.05) is 6.07 Å². The number of aromatic nitrogens is 1. The highest BCUT2D eigenvalue weighted by molar-refractivity contribution is 9.10. The Balaban J connectivity index is 0.00000196. The Labute approximate surface area is 186 Å². The van der Waals surface area contributed by atoms with Crippen LogP contribution in [0.25, 0.3) is 10.9 Å². The van der Waals surface area contributed by atoms with Gasteiger partial charge >= 0.3 is 0 Å². The normalized spacial score (nSPS) is 10.1. The van der Waals surface area contributed by atoms with Gasteiger partial charge in [0.2, 0.25) is 0 Å². The lowest BCUT2D eigenvalue weighted by atomic mass is 10.1. The van der Waals surface area contributed by atoms with Gasteiger partial charge in [-0.15, -0.1) is 24.8 Å². The number of hydrogen-bond donors (Lipinski definition) is 2. The van der Waals surface area contributed by atoms with Crippen molar-refractivity contribution in [2.45, 2.75) is 13.0 Å². The second-order valence-corrected chi connectivity index (χ2v) is 6.85. The molecule has 1 aromatic heterocycles. The highest BCUT2D eigenvalue weighted by atomic mass is 79.9. The van der Waals surface area contributed by atoms with Crippen LogP contribution in [0, 0.1) is 0 Å². The number of para-hydroxylation sites is 1. The molecule has 0 radical (unpaired) electrons. The third kappa shape index (κ3) is 5.92. The smallest absolute Gasteiger partial charge is 0.175 e. The maximum Gasteiger partial charge on any atom is 0.175 e. The van der Waals surface area contributed by atoms with E-state index in [0.29, 0.717) is 12.4 Å². The molecule has 0 aliphatic carbocycles. The summed E-state index contributed by atoms with van der Waals surface area (Å²) in [5.74, 6) is 1.42. The molecule has 0 saturated carbocycles. The molecule has 0 saturated heterocycles. The molecule has 7 heteroatoms. The molecule has 0 atom stereocenters. The Morgan fingerprint density at radius 3 is 2.75 bits per heavy atom. The van der Waals surface area contributed by atoms with Gasteiger partial charge in [0.1, 0.15) is 6.61 Å². The van der Waals surface area contributed by atoms with Crippen molar-refractivity contribution in [2.24, 2.45) is 0 Å². The number of halogens is 3. The summed E-state index contributed by atoms with van der Waals surface area (Å²) in [6.45, 7) is 5.78. The molecule has 0 fully saturated rings. The molecule has 1 heterocycles. The number of hydrogen-bond acceptors (Lipinski definition) is 3. The van der Waals surface area contributed by atoms with Gasteiger partial charge in [0.05, 0.1) is 11.6 Å². The summed E-state index contributed by atoms with van der Waals surface area (Å²) in [7, 11) is 1.65. The summed E-state index contributed by atoms with van der Waals surface area (Å²) < 4.78 is 12.0. The molecule has 3 rings (SSSR count). The first-order valence-electron chi connectivity index (χ1n) is 8.58. The fourth-order valence-electron chi connectivity index (χ4n) is 2.95. The van der Waals surface area contributed by atoms with E-state index in [0.717, 1.165) is 35.3 Å². The van der Waals surface area contributed by atoms with E-state index in [1.54, 1.807) is 13.2 Å². The van der Waals surface area contributed by atoms with Gasteiger partial charge in [-0.05, 0) is 58.2 Å². The molecule has 0 aliphatic heterocycles. The summed E-state index contributed by atoms with van der Waals surface area (Å²) in [5.41, 5.74) is 3.66. The number of ether oxygens (including phenoxy) is 2. The number of fused-ring (bicyclic) bond motifs is 1. The third-order valence-electron chi connectivity index (χ3n) is 4.21. The number of aromatic amines is 1. The monoisotopic (exact) mass is 486 g/mol. The fourth-order valence-corrected chi connectivity index (χ4v) is 3.56. The van der Waals surface area contributed by atoms with Crippen LogP contribution in [0.2, 0.25) is 0 Å². The van der Waals surface area contributed by atoms with Crippen molar-refractivity contribution in [3.63, 3.8) is 0 Å². The molecule has 0 amide bonds. The predicted octanol–water partition coefficient (Wildman–Crippen LogP) is 5.68. The van der Waals surface area contributed by atoms with E-state index in [4.69, 9.17) is 9.47 Å². The first-order valence-corrected chi connectivity index (χ1v) is 9.38. The highest BCUT2D eigenvalue weighted by Gasteiger charge is 2.11. The van der Waals surface area contributed by atoms with Crippen LogP contribution < -0.4 is 14.8 Å². The van der Waals surface area contributed by atoms with Crippen LogP contribution >= 0.6 is 40.7 Å². The van der Waals surface area contributed by atoms with Crippen LogP contribution in [0.3, 0.4) is 0 Å². The number of H-pyrrole nitrogens is 1. The van der Waals surface area contributed by atoms with Crippen molar-refractivity contribution in [3.05, 3.63) is 70.8 Å². The summed E-state index contributed by atoms with van der Waals surface area (Å²) in [4.78, 5) is 3.32. The Bertz CT molecular complexity index is 899. The van der Waals surface area contributed by atoms with Crippen molar-refractivity contribution >= 4 is 51.6 Å². The van der Waals surface area contributed by atoms with Crippen LogP contribution in [0.5, 0.6) is 11.5 Å². The highest BCUT2D eigenvalue weighted by Crippen LogP contribution is 2.36. The summed E-state index contributed by atoms with van der Waals surface area (Å²) in [6, 6.07) is 12.4. The number of nitrogens with one attached hydrogen (secondary N) is 2. The van der Waals surface area contributed by atoms with Crippen LogP contribution in [0.15, 0.2) is 59.7 Å². The van der Waals surface area contributed by atoms with Crippen molar-refractivity contribution < 1.29 is 9.47 Å². The molecular formula is C21H25BrCl2N2O2. The van der Waals surface area contributed by atoms with Crippen molar-refractivity contribution in [2.75, 3.05) is 20.3 Å². The van der Waals surface area contributed by atoms with Gasteiger partial charge in [0, 0.05) is 23.6 Å². The van der Waals surface area contributed by atoms with E-state index in [1.165, 1.54) is 16.5 Å². The van der Waals surface area contributed by atoms with Crippen LogP contribution in [-0.4, -0.2) is 25.2 Å².